The van der Waals surface area contributed by atoms with Crippen LogP contribution in [0.4, 0.5) is 0 Å². The summed E-state index contributed by atoms with van der Waals surface area (Å²) in [6, 6.07) is 8.37. The molecule has 0 bridgehead atoms. The van der Waals surface area contributed by atoms with Crippen LogP contribution in [-0.2, 0) is 0 Å². The molecule has 0 unspecified atom stereocenters. The van der Waals surface area contributed by atoms with E-state index in [1.807, 2.05) is 0 Å². The summed E-state index contributed by atoms with van der Waals surface area (Å²) in [7, 11) is 4.26. The van der Waals surface area contributed by atoms with E-state index < -0.39 is 0 Å². The lowest BCUT2D eigenvalue weighted by atomic mass is 10.1. The highest BCUT2D eigenvalue weighted by Gasteiger charge is 2.25. The summed E-state index contributed by atoms with van der Waals surface area (Å²) in [6.07, 6.45) is 1.08. The van der Waals surface area contributed by atoms with Gasteiger partial charge in [0.05, 0.1) is 14.1 Å². The minimum absolute atomic E-state index is 0.755. The maximum absolute atomic E-state index is 4.66. The highest BCUT2D eigenvalue weighted by Crippen LogP contribution is 2.18. The third kappa shape index (κ3) is 2.04. The second kappa shape index (κ2) is 3.48. The standard InChI is InChI=1S/C11H14BrN2/c1-14(2)8-7-11(13-14)9-3-5-10(12)6-4-9/h3-6H,7-8H2,1-2H3/q+1. The van der Waals surface area contributed by atoms with E-state index in [4.69, 9.17) is 0 Å². The van der Waals surface area contributed by atoms with E-state index in [0.717, 1.165) is 22.0 Å². The number of benzene rings is 1. The van der Waals surface area contributed by atoms with Gasteiger partial charge < -0.3 is 0 Å². The molecular formula is C11H14BrN2+. The third-order valence-electron chi connectivity index (χ3n) is 2.46. The van der Waals surface area contributed by atoms with Gasteiger partial charge in [0.2, 0.25) is 0 Å². The highest BCUT2D eigenvalue weighted by atomic mass is 79.9. The summed E-state index contributed by atoms with van der Waals surface area (Å²) < 4.78 is 1.87. The number of hydrogen-bond donors (Lipinski definition) is 0. The molecule has 1 aliphatic rings. The van der Waals surface area contributed by atoms with Crippen LogP contribution in [0.5, 0.6) is 0 Å². The van der Waals surface area contributed by atoms with Crippen LogP contribution in [0.1, 0.15) is 12.0 Å². The zero-order valence-electron chi connectivity index (χ0n) is 8.50. The fourth-order valence-corrected chi connectivity index (χ4v) is 1.91. The van der Waals surface area contributed by atoms with Crippen LogP contribution in [0.15, 0.2) is 33.8 Å². The van der Waals surface area contributed by atoms with Crippen molar-refractivity contribution in [3.8, 4) is 0 Å². The number of nitrogens with zero attached hydrogens (tertiary/aromatic N) is 2. The van der Waals surface area contributed by atoms with Gasteiger partial charge in [0.15, 0.2) is 0 Å². The predicted molar refractivity (Wildman–Crippen MR) is 62.3 cm³/mol. The van der Waals surface area contributed by atoms with Crippen LogP contribution < -0.4 is 0 Å². The van der Waals surface area contributed by atoms with Crippen LogP contribution in [0.3, 0.4) is 0 Å². The molecule has 0 saturated carbocycles. The molecule has 0 N–H and O–H groups in total. The Hall–Kier alpha value is -0.670. The zero-order valence-corrected chi connectivity index (χ0v) is 10.1. The van der Waals surface area contributed by atoms with E-state index in [9.17, 15) is 0 Å². The molecule has 0 aliphatic carbocycles. The quantitative estimate of drug-likeness (QED) is 0.683. The third-order valence-corrected chi connectivity index (χ3v) is 2.99. The average molecular weight is 254 g/mol. The van der Waals surface area contributed by atoms with Crippen LogP contribution >= 0.6 is 15.9 Å². The van der Waals surface area contributed by atoms with E-state index >= 15 is 0 Å². The molecule has 0 aromatic heterocycles. The van der Waals surface area contributed by atoms with Gasteiger partial charge in [-0.3, -0.25) is 0 Å². The molecule has 0 saturated heterocycles. The van der Waals surface area contributed by atoms with Gasteiger partial charge in [0.25, 0.3) is 0 Å². The Balaban J connectivity index is 2.29. The number of rotatable bonds is 1. The second-order valence-corrected chi connectivity index (χ2v) is 5.06. The molecule has 74 valence electrons. The Morgan fingerprint density at radius 2 is 1.86 bits per heavy atom. The van der Waals surface area contributed by atoms with Gasteiger partial charge in [-0.25, -0.2) is 4.59 Å². The lowest BCUT2D eigenvalue weighted by molar-refractivity contribution is -0.890. The van der Waals surface area contributed by atoms with Crippen molar-refractivity contribution < 1.29 is 4.59 Å². The fourth-order valence-electron chi connectivity index (χ4n) is 1.65. The topological polar surface area (TPSA) is 12.4 Å². The molecule has 3 heteroatoms. The average Bonchev–Trinajstić information content (AvgIpc) is 2.47. The number of hydrogen-bond acceptors (Lipinski definition) is 1. The molecule has 0 amide bonds. The SMILES string of the molecule is C[N+]1(C)CCC(c2ccc(Br)cc2)=N1. The first kappa shape index (κ1) is 9.87. The van der Waals surface area contributed by atoms with E-state index in [2.05, 4.69) is 59.4 Å². The summed E-state index contributed by atoms with van der Waals surface area (Å²) >= 11 is 3.43. The molecule has 0 atom stereocenters. The number of quaternary nitrogens is 1. The summed E-state index contributed by atoms with van der Waals surface area (Å²) in [6.45, 7) is 1.10. The largest absolute Gasteiger partial charge is 0.202 e. The Labute approximate surface area is 93.0 Å². The summed E-state index contributed by atoms with van der Waals surface area (Å²) in [5, 5.41) is 4.66. The lowest BCUT2D eigenvalue weighted by Crippen LogP contribution is -2.29. The molecule has 1 aromatic carbocycles. The van der Waals surface area contributed by atoms with Crippen LogP contribution in [0, 0.1) is 0 Å². The van der Waals surface area contributed by atoms with Gasteiger partial charge in [0, 0.05) is 16.5 Å². The van der Waals surface area contributed by atoms with E-state index in [1.165, 1.54) is 11.3 Å². The van der Waals surface area contributed by atoms with Crippen molar-refractivity contribution in [3.05, 3.63) is 34.3 Å². The van der Waals surface area contributed by atoms with Crippen molar-refractivity contribution in [2.24, 2.45) is 5.10 Å². The first-order valence-corrected chi connectivity index (χ1v) is 5.54. The zero-order chi connectivity index (χ0) is 10.2. The summed E-state index contributed by atoms with van der Waals surface area (Å²) in [4.78, 5) is 0. The van der Waals surface area contributed by atoms with Crippen molar-refractivity contribution >= 4 is 21.6 Å². The van der Waals surface area contributed by atoms with Crippen molar-refractivity contribution in [1.82, 2.24) is 0 Å². The molecule has 0 fully saturated rings. The molecule has 14 heavy (non-hydrogen) atoms. The first-order chi connectivity index (χ1) is 6.57. The molecule has 0 radical (unpaired) electrons. The minimum Gasteiger partial charge on any atom is -0.202 e. The molecule has 2 rings (SSSR count). The van der Waals surface area contributed by atoms with Gasteiger partial charge in [-0.05, 0) is 12.1 Å². The van der Waals surface area contributed by atoms with Crippen LogP contribution in [0.2, 0.25) is 0 Å². The van der Waals surface area contributed by atoms with E-state index in [-0.39, 0.29) is 0 Å². The second-order valence-electron chi connectivity index (χ2n) is 4.15. The van der Waals surface area contributed by atoms with Gasteiger partial charge in [-0.2, -0.15) is 0 Å². The number of halogens is 1. The molecule has 0 spiro atoms. The van der Waals surface area contributed by atoms with E-state index in [1.54, 1.807) is 0 Å². The summed E-state index contributed by atoms with van der Waals surface area (Å²) in [5.41, 5.74) is 2.47. The molecule has 1 aliphatic heterocycles. The van der Waals surface area contributed by atoms with Crippen LogP contribution in [-0.4, -0.2) is 30.9 Å². The Bertz CT molecular complexity index is 365. The molecule has 2 nitrogen and oxygen atoms in total. The first-order valence-electron chi connectivity index (χ1n) is 4.75. The maximum atomic E-state index is 4.66. The van der Waals surface area contributed by atoms with Crippen molar-refractivity contribution in [2.45, 2.75) is 6.42 Å². The summed E-state index contributed by atoms with van der Waals surface area (Å²) in [5.74, 6) is 0. The Morgan fingerprint density at radius 1 is 1.21 bits per heavy atom. The van der Waals surface area contributed by atoms with Crippen molar-refractivity contribution in [2.75, 3.05) is 20.6 Å². The van der Waals surface area contributed by atoms with Crippen molar-refractivity contribution in [3.63, 3.8) is 0 Å². The smallest absolute Gasteiger partial charge is 0.109 e. The normalized spacial score (nSPS) is 19.5. The van der Waals surface area contributed by atoms with Crippen molar-refractivity contribution in [1.29, 1.82) is 0 Å². The Morgan fingerprint density at radius 3 is 2.36 bits per heavy atom. The van der Waals surface area contributed by atoms with E-state index in [0.29, 0.717) is 0 Å². The Kier molecular flexibility index (Phi) is 2.45. The minimum atomic E-state index is 0.755. The molecule has 1 heterocycles. The van der Waals surface area contributed by atoms with Gasteiger partial charge in [-0.1, -0.05) is 33.2 Å². The molecular weight excluding hydrogens is 240 g/mol. The maximum Gasteiger partial charge on any atom is 0.109 e. The fraction of sp³-hybridized carbons (Fsp3) is 0.364. The van der Waals surface area contributed by atoms with Gasteiger partial charge >= 0.3 is 0 Å². The molecule has 1 aromatic rings. The highest BCUT2D eigenvalue weighted by molar-refractivity contribution is 9.10. The van der Waals surface area contributed by atoms with Crippen LogP contribution in [0.25, 0.3) is 0 Å². The lowest BCUT2D eigenvalue weighted by Gasteiger charge is -2.15. The monoisotopic (exact) mass is 253 g/mol. The van der Waals surface area contributed by atoms with Gasteiger partial charge in [-0.15, -0.1) is 0 Å². The predicted octanol–water partition coefficient (Wildman–Crippen LogP) is 2.63. The van der Waals surface area contributed by atoms with Gasteiger partial charge in [0.1, 0.15) is 12.3 Å².